The first-order valence-electron chi connectivity index (χ1n) is 10.4. The second-order valence-electron chi connectivity index (χ2n) is 7.19. The number of nitrogen functional groups attached to an aromatic ring is 1. The van der Waals surface area contributed by atoms with Crippen LogP contribution in [-0.2, 0) is 9.53 Å². The fraction of sp³-hybridized carbons (Fsp3) is 0.381. The van der Waals surface area contributed by atoms with E-state index in [0.717, 1.165) is 12.8 Å². The topological polar surface area (TPSA) is 164 Å². The highest BCUT2D eigenvalue weighted by Gasteiger charge is 2.29. The summed E-state index contributed by atoms with van der Waals surface area (Å²) in [7, 11) is 1.66. The largest absolute Gasteiger partial charge is 0.455 e. The van der Waals surface area contributed by atoms with Gasteiger partial charge in [0.25, 0.3) is 0 Å². The number of aromatic nitrogens is 1. The maximum absolute atomic E-state index is 12.2. The minimum Gasteiger partial charge on any atom is -0.455 e. The Balaban J connectivity index is 1.60. The molecule has 2 aromatic rings. The van der Waals surface area contributed by atoms with Crippen molar-refractivity contribution in [2.45, 2.75) is 18.9 Å². The molecule has 1 aromatic carbocycles. The summed E-state index contributed by atoms with van der Waals surface area (Å²) in [5.41, 5.74) is 6.64. The highest BCUT2D eigenvalue weighted by molar-refractivity contribution is 5.91. The van der Waals surface area contributed by atoms with E-state index >= 15 is 0 Å². The van der Waals surface area contributed by atoms with E-state index in [1.165, 1.54) is 4.90 Å². The minimum atomic E-state index is -0.536. The number of amides is 2. The van der Waals surface area contributed by atoms with E-state index in [2.05, 4.69) is 25.8 Å². The van der Waals surface area contributed by atoms with Crippen molar-refractivity contribution >= 4 is 35.0 Å². The number of carbonyl (C=O) groups is 2. The third kappa shape index (κ3) is 6.60. The predicted molar refractivity (Wildman–Crippen MR) is 121 cm³/mol. The lowest BCUT2D eigenvalue weighted by Gasteiger charge is -2.22. The van der Waals surface area contributed by atoms with Gasteiger partial charge in [-0.3, -0.25) is 4.79 Å². The summed E-state index contributed by atoms with van der Waals surface area (Å²) in [5.74, 6) is 0.509. The Morgan fingerprint density at radius 1 is 1.24 bits per heavy atom. The highest BCUT2D eigenvalue weighted by Crippen LogP contribution is 2.30. The Morgan fingerprint density at radius 3 is 2.79 bits per heavy atom. The van der Waals surface area contributed by atoms with Crippen molar-refractivity contribution in [3.63, 3.8) is 0 Å². The molecule has 1 aromatic heterocycles. The van der Waals surface area contributed by atoms with Crippen LogP contribution in [0.3, 0.4) is 0 Å². The third-order valence-corrected chi connectivity index (χ3v) is 4.86. The second kappa shape index (κ2) is 11.7. The quantitative estimate of drug-likeness (QED) is 0.329. The number of aliphatic hydroxyl groups is 1. The number of pyridine rings is 1. The molecule has 1 unspecified atom stereocenters. The first-order chi connectivity index (χ1) is 16.0. The van der Waals surface area contributed by atoms with Crippen LogP contribution in [0.4, 0.5) is 27.8 Å². The minimum absolute atomic E-state index is 0.0948. The van der Waals surface area contributed by atoms with Crippen LogP contribution in [-0.4, -0.2) is 66.6 Å². The summed E-state index contributed by atoms with van der Waals surface area (Å²) >= 11 is 0. The smallest absolute Gasteiger partial charge is 0.412 e. The number of hydrogen-bond donors (Lipinski definition) is 4. The van der Waals surface area contributed by atoms with Gasteiger partial charge in [-0.15, -0.1) is 10.2 Å². The Bertz CT molecular complexity index is 1000. The zero-order valence-electron chi connectivity index (χ0n) is 18.2. The average Bonchev–Trinajstić information content (AvgIpc) is 3.28. The van der Waals surface area contributed by atoms with Crippen molar-refractivity contribution < 1.29 is 24.2 Å². The molecule has 0 radical (unpaired) electrons. The molecule has 2 heterocycles. The molecular weight excluding hydrogens is 430 g/mol. The zero-order valence-corrected chi connectivity index (χ0v) is 18.2. The number of ether oxygens (including phenoxy) is 2. The number of nitrogens with two attached hydrogens (primary N) is 1. The normalized spacial score (nSPS) is 15.6. The SMILES string of the molecule is CNCC(=O)Nc1ccc(/N=N/c2ccccc2OCOC(=O)N2CCCC2CO)c(N)n1. The Morgan fingerprint density at radius 2 is 2.03 bits per heavy atom. The fourth-order valence-electron chi connectivity index (χ4n) is 3.23. The Hall–Kier alpha value is -3.77. The van der Waals surface area contributed by atoms with Gasteiger partial charge in [0.15, 0.2) is 11.6 Å². The van der Waals surface area contributed by atoms with E-state index in [0.29, 0.717) is 29.5 Å². The maximum Gasteiger partial charge on any atom is 0.412 e. The van der Waals surface area contributed by atoms with Crippen molar-refractivity contribution in [2.24, 2.45) is 10.2 Å². The number of anilines is 2. The van der Waals surface area contributed by atoms with Gasteiger partial charge in [-0.05, 0) is 44.2 Å². The van der Waals surface area contributed by atoms with Crippen molar-refractivity contribution in [3.05, 3.63) is 36.4 Å². The molecule has 1 atom stereocenters. The number of nitrogens with zero attached hydrogens (tertiary/aromatic N) is 4. The summed E-state index contributed by atoms with van der Waals surface area (Å²) in [5, 5.41) is 23.0. The van der Waals surface area contributed by atoms with Crippen LogP contribution in [0.15, 0.2) is 46.6 Å². The molecule has 1 aliphatic heterocycles. The van der Waals surface area contributed by atoms with Gasteiger partial charge >= 0.3 is 6.09 Å². The van der Waals surface area contributed by atoms with Gasteiger partial charge < -0.3 is 35.8 Å². The lowest BCUT2D eigenvalue weighted by molar-refractivity contribution is -0.115. The van der Waals surface area contributed by atoms with Crippen molar-refractivity contribution in [2.75, 3.05) is 44.6 Å². The summed E-state index contributed by atoms with van der Waals surface area (Å²) in [4.78, 5) is 29.4. The van der Waals surface area contributed by atoms with Gasteiger partial charge in [0.2, 0.25) is 12.7 Å². The number of aliphatic hydroxyl groups excluding tert-OH is 1. The molecule has 12 nitrogen and oxygen atoms in total. The van der Waals surface area contributed by atoms with E-state index in [9.17, 15) is 14.7 Å². The van der Waals surface area contributed by atoms with Gasteiger partial charge in [0, 0.05) is 6.54 Å². The van der Waals surface area contributed by atoms with Gasteiger partial charge in [0.1, 0.15) is 17.2 Å². The van der Waals surface area contributed by atoms with Crippen molar-refractivity contribution in [1.29, 1.82) is 0 Å². The van der Waals surface area contributed by atoms with Crippen LogP contribution in [0.25, 0.3) is 0 Å². The van der Waals surface area contributed by atoms with E-state index in [1.807, 2.05) is 0 Å². The highest BCUT2D eigenvalue weighted by atomic mass is 16.7. The molecule has 5 N–H and O–H groups in total. The number of azo groups is 1. The number of nitrogens with one attached hydrogen (secondary N) is 2. The average molecular weight is 457 g/mol. The lowest BCUT2D eigenvalue weighted by atomic mass is 10.2. The van der Waals surface area contributed by atoms with Crippen LogP contribution in [0.5, 0.6) is 5.75 Å². The van der Waals surface area contributed by atoms with E-state index < -0.39 is 6.09 Å². The molecule has 0 saturated carbocycles. The van der Waals surface area contributed by atoms with Crippen LogP contribution < -0.4 is 21.1 Å². The molecule has 3 rings (SSSR count). The molecule has 1 saturated heterocycles. The molecule has 176 valence electrons. The molecule has 12 heteroatoms. The number of likely N-dealkylation sites (tertiary alicyclic amines) is 1. The summed E-state index contributed by atoms with van der Waals surface area (Å²) in [6.07, 6.45) is 1.04. The molecule has 0 aliphatic carbocycles. The number of likely N-dealkylation sites (N-methyl/N-ethyl adjacent to an activating group) is 1. The number of hydrogen-bond acceptors (Lipinski definition) is 10. The molecule has 33 heavy (non-hydrogen) atoms. The molecular formula is C21H27N7O5. The van der Waals surface area contributed by atoms with Gasteiger partial charge in [-0.1, -0.05) is 12.1 Å². The van der Waals surface area contributed by atoms with Crippen molar-refractivity contribution in [1.82, 2.24) is 15.2 Å². The van der Waals surface area contributed by atoms with Crippen molar-refractivity contribution in [3.8, 4) is 5.75 Å². The second-order valence-corrected chi connectivity index (χ2v) is 7.19. The van der Waals surface area contributed by atoms with Crippen LogP contribution >= 0.6 is 0 Å². The number of carbonyl (C=O) groups excluding carboxylic acids is 2. The third-order valence-electron chi connectivity index (χ3n) is 4.86. The molecule has 2 amide bonds. The molecule has 0 spiro atoms. The van der Waals surface area contributed by atoms with Gasteiger partial charge in [-0.25, -0.2) is 9.78 Å². The van der Waals surface area contributed by atoms with E-state index in [-0.39, 0.29) is 37.7 Å². The Kier molecular flexibility index (Phi) is 8.49. The van der Waals surface area contributed by atoms with Crippen LogP contribution in [0, 0.1) is 0 Å². The monoisotopic (exact) mass is 457 g/mol. The number of rotatable bonds is 9. The molecule has 1 fully saturated rings. The van der Waals surface area contributed by atoms with E-state index in [1.54, 1.807) is 43.4 Å². The Labute approximate surface area is 190 Å². The maximum atomic E-state index is 12.2. The standard InChI is InChI=1S/C21H27N7O5/c1-23-11-19(30)24-18-9-8-16(20(22)25-18)27-26-15-6-2-3-7-17(15)32-13-33-21(31)28-10-4-5-14(28)12-29/h2-3,6-9,14,23,29H,4-5,10-13H2,1H3,(H3,22,24,25,30)/b27-26+. The predicted octanol–water partition coefficient (Wildman–Crippen LogP) is 2.17. The fourth-order valence-corrected chi connectivity index (χ4v) is 3.23. The van der Waals surface area contributed by atoms with Gasteiger partial charge in [0.05, 0.1) is 19.2 Å². The summed E-state index contributed by atoms with van der Waals surface area (Å²) in [6, 6.07) is 9.77. The molecule has 0 bridgehead atoms. The first-order valence-corrected chi connectivity index (χ1v) is 10.4. The summed E-state index contributed by atoms with van der Waals surface area (Å²) < 4.78 is 10.7. The van der Waals surface area contributed by atoms with Crippen LogP contribution in [0.2, 0.25) is 0 Å². The van der Waals surface area contributed by atoms with E-state index in [4.69, 9.17) is 15.2 Å². The lowest BCUT2D eigenvalue weighted by Crippen LogP contribution is -2.38. The summed E-state index contributed by atoms with van der Waals surface area (Å²) in [6.45, 7) is 0.280. The number of para-hydroxylation sites is 1. The molecule has 1 aliphatic rings. The number of benzene rings is 1. The van der Waals surface area contributed by atoms with Crippen LogP contribution in [0.1, 0.15) is 12.8 Å². The first kappa shape index (κ1) is 23.9. The zero-order chi connectivity index (χ0) is 23.6. The van der Waals surface area contributed by atoms with Gasteiger partial charge in [-0.2, -0.15) is 0 Å².